The molecule has 1 aliphatic carbocycles. The Balaban J connectivity index is 1.99. The van der Waals surface area contributed by atoms with Crippen molar-refractivity contribution >= 4 is 17.7 Å². The molecule has 1 aromatic heterocycles. The molecule has 6 nitrogen and oxygen atoms in total. The predicted octanol–water partition coefficient (Wildman–Crippen LogP) is 1.55. The molecule has 0 atom stereocenters. The lowest BCUT2D eigenvalue weighted by atomic mass is 9.81. The van der Waals surface area contributed by atoms with Gasteiger partial charge in [-0.3, -0.25) is 9.59 Å². The second-order valence-corrected chi connectivity index (χ2v) is 6.15. The second-order valence-electron chi connectivity index (χ2n) is 5.18. The van der Waals surface area contributed by atoms with Gasteiger partial charge in [0.1, 0.15) is 5.54 Å². The van der Waals surface area contributed by atoms with E-state index >= 15 is 0 Å². The van der Waals surface area contributed by atoms with Crippen LogP contribution < -0.4 is 5.56 Å². The third-order valence-corrected chi connectivity index (χ3v) is 4.76. The number of nitrogens with one attached hydrogen (secondary N) is 1. The first-order chi connectivity index (χ1) is 10.1. The van der Waals surface area contributed by atoms with Gasteiger partial charge in [-0.1, -0.05) is 31.0 Å². The zero-order valence-electron chi connectivity index (χ0n) is 12.0. The summed E-state index contributed by atoms with van der Waals surface area (Å²) in [6.45, 7) is 0. The molecular weight excluding hydrogens is 288 g/mol. The van der Waals surface area contributed by atoms with Gasteiger partial charge in [-0.25, -0.2) is 4.98 Å². The highest BCUT2D eigenvalue weighted by Gasteiger charge is 2.38. The summed E-state index contributed by atoms with van der Waals surface area (Å²) in [7, 11) is 1.69. The average molecular weight is 306 g/mol. The van der Waals surface area contributed by atoms with Gasteiger partial charge in [-0.05, 0) is 12.8 Å². The number of hydrogen-bond acceptors (Lipinski definition) is 5. The average Bonchev–Trinajstić information content (AvgIpc) is 2.52. The molecule has 1 aromatic rings. The molecule has 0 saturated heterocycles. The molecule has 1 fully saturated rings. The van der Waals surface area contributed by atoms with Gasteiger partial charge in [0.25, 0.3) is 5.56 Å². The van der Waals surface area contributed by atoms with Crippen molar-refractivity contribution in [1.29, 1.82) is 5.26 Å². The van der Waals surface area contributed by atoms with Gasteiger partial charge in [0.2, 0.25) is 5.91 Å². The van der Waals surface area contributed by atoms with Crippen LogP contribution in [0.2, 0.25) is 0 Å². The van der Waals surface area contributed by atoms with Crippen LogP contribution in [0.4, 0.5) is 0 Å². The molecule has 0 radical (unpaired) electrons. The number of hydrogen-bond donors (Lipinski definition) is 1. The molecule has 0 aliphatic heterocycles. The molecule has 112 valence electrons. The molecular formula is C14H18N4O2S. The Kier molecular flexibility index (Phi) is 5.02. The number of nitrogens with zero attached hydrogens (tertiary/aromatic N) is 3. The van der Waals surface area contributed by atoms with Crippen LogP contribution in [0.3, 0.4) is 0 Å². The lowest BCUT2D eigenvalue weighted by Gasteiger charge is -2.39. The Hall–Kier alpha value is -1.81. The number of aromatic nitrogens is 2. The van der Waals surface area contributed by atoms with Crippen LogP contribution in [0.1, 0.15) is 32.1 Å². The number of thioether (sulfide) groups is 1. The van der Waals surface area contributed by atoms with Crippen molar-refractivity contribution in [1.82, 2.24) is 14.9 Å². The van der Waals surface area contributed by atoms with E-state index in [0.29, 0.717) is 5.16 Å². The molecule has 7 heteroatoms. The summed E-state index contributed by atoms with van der Waals surface area (Å²) in [5.41, 5.74) is -0.915. The van der Waals surface area contributed by atoms with E-state index in [4.69, 9.17) is 0 Å². The highest BCUT2D eigenvalue weighted by molar-refractivity contribution is 7.99. The molecule has 1 amide bonds. The monoisotopic (exact) mass is 306 g/mol. The van der Waals surface area contributed by atoms with Gasteiger partial charge in [0, 0.05) is 19.3 Å². The van der Waals surface area contributed by atoms with Crippen LogP contribution in [-0.4, -0.2) is 39.1 Å². The fourth-order valence-electron chi connectivity index (χ4n) is 2.55. The van der Waals surface area contributed by atoms with Gasteiger partial charge in [0.15, 0.2) is 5.16 Å². The summed E-state index contributed by atoms with van der Waals surface area (Å²) in [6.07, 6.45) is 5.95. The first kappa shape index (κ1) is 15.6. The van der Waals surface area contributed by atoms with E-state index in [2.05, 4.69) is 16.0 Å². The van der Waals surface area contributed by atoms with Crippen LogP contribution in [-0.2, 0) is 4.79 Å². The predicted molar refractivity (Wildman–Crippen MR) is 79.8 cm³/mol. The summed E-state index contributed by atoms with van der Waals surface area (Å²) >= 11 is 1.18. The molecule has 1 saturated carbocycles. The summed E-state index contributed by atoms with van der Waals surface area (Å²) in [5.74, 6) is 0.0438. The topological polar surface area (TPSA) is 89.8 Å². The number of carbonyl (C=O) groups excluding carboxylic acids is 1. The summed E-state index contributed by atoms with van der Waals surface area (Å²) in [4.78, 5) is 31.6. The van der Waals surface area contributed by atoms with E-state index in [9.17, 15) is 14.9 Å². The molecule has 0 bridgehead atoms. The Morgan fingerprint density at radius 2 is 2.24 bits per heavy atom. The maximum Gasteiger partial charge on any atom is 0.251 e. The Bertz CT molecular complexity index is 601. The zero-order valence-corrected chi connectivity index (χ0v) is 12.8. The van der Waals surface area contributed by atoms with Gasteiger partial charge in [-0.2, -0.15) is 5.26 Å². The van der Waals surface area contributed by atoms with Crippen molar-refractivity contribution in [3.05, 3.63) is 22.6 Å². The number of H-pyrrole nitrogens is 1. The number of carbonyl (C=O) groups is 1. The van der Waals surface area contributed by atoms with Gasteiger partial charge < -0.3 is 9.88 Å². The first-order valence-corrected chi connectivity index (χ1v) is 7.92. The summed E-state index contributed by atoms with van der Waals surface area (Å²) in [6, 6.07) is 3.65. The minimum atomic E-state index is -0.673. The molecule has 21 heavy (non-hydrogen) atoms. The fourth-order valence-corrected chi connectivity index (χ4v) is 3.31. The Morgan fingerprint density at radius 3 is 2.86 bits per heavy atom. The third kappa shape index (κ3) is 3.64. The maximum absolute atomic E-state index is 12.3. The standard InChI is InChI=1S/C14H18N4O2S/c1-18(14(10-15)6-3-2-4-7-14)12(20)9-21-13-16-8-5-11(19)17-13/h5,8H,2-4,6-7,9H2,1H3,(H,16,17,19). The van der Waals surface area contributed by atoms with Crippen LogP contribution >= 0.6 is 11.8 Å². The van der Waals surface area contributed by atoms with Crippen molar-refractivity contribution in [2.24, 2.45) is 0 Å². The lowest BCUT2D eigenvalue weighted by Crippen LogP contribution is -2.50. The SMILES string of the molecule is CN(C(=O)CSc1nccc(=O)[nH]1)C1(C#N)CCCCC1. The quantitative estimate of drug-likeness (QED) is 0.673. The van der Waals surface area contributed by atoms with Crippen molar-refractivity contribution in [3.63, 3.8) is 0 Å². The van der Waals surface area contributed by atoms with Crippen molar-refractivity contribution in [2.75, 3.05) is 12.8 Å². The number of aromatic amines is 1. The number of amides is 1. The van der Waals surface area contributed by atoms with E-state index in [-0.39, 0.29) is 17.2 Å². The first-order valence-electron chi connectivity index (χ1n) is 6.93. The van der Waals surface area contributed by atoms with Gasteiger partial charge >= 0.3 is 0 Å². The molecule has 0 aromatic carbocycles. The Morgan fingerprint density at radius 1 is 1.52 bits per heavy atom. The molecule has 0 unspecified atom stereocenters. The van der Waals surface area contributed by atoms with E-state index in [1.54, 1.807) is 11.9 Å². The third-order valence-electron chi connectivity index (χ3n) is 3.89. The molecule has 1 heterocycles. The normalized spacial score (nSPS) is 17.0. The van der Waals surface area contributed by atoms with Crippen molar-refractivity contribution in [3.8, 4) is 6.07 Å². The van der Waals surface area contributed by atoms with E-state index in [1.165, 1.54) is 24.0 Å². The maximum atomic E-state index is 12.3. The van der Waals surface area contributed by atoms with Crippen molar-refractivity contribution < 1.29 is 4.79 Å². The zero-order chi connectivity index (χ0) is 15.3. The fraction of sp³-hybridized carbons (Fsp3) is 0.571. The largest absolute Gasteiger partial charge is 0.326 e. The van der Waals surface area contributed by atoms with Gasteiger partial charge in [-0.15, -0.1) is 0 Å². The second kappa shape index (κ2) is 6.76. The smallest absolute Gasteiger partial charge is 0.251 e. The minimum absolute atomic E-state index is 0.116. The summed E-state index contributed by atoms with van der Waals surface area (Å²) < 4.78 is 0. The lowest BCUT2D eigenvalue weighted by molar-refractivity contribution is -0.131. The highest BCUT2D eigenvalue weighted by atomic mass is 32.2. The van der Waals surface area contributed by atoms with Crippen LogP contribution in [0.25, 0.3) is 0 Å². The molecule has 2 rings (SSSR count). The van der Waals surface area contributed by atoms with E-state index in [0.717, 1.165) is 32.1 Å². The highest BCUT2D eigenvalue weighted by Crippen LogP contribution is 2.32. The van der Waals surface area contributed by atoms with E-state index < -0.39 is 5.54 Å². The minimum Gasteiger partial charge on any atom is -0.326 e. The van der Waals surface area contributed by atoms with Crippen LogP contribution in [0.5, 0.6) is 0 Å². The molecule has 1 N–H and O–H groups in total. The number of rotatable bonds is 4. The van der Waals surface area contributed by atoms with Crippen LogP contribution in [0, 0.1) is 11.3 Å². The van der Waals surface area contributed by atoms with Crippen molar-refractivity contribution in [2.45, 2.75) is 42.8 Å². The number of nitriles is 1. The van der Waals surface area contributed by atoms with E-state index in [1.807, 2.05) is 0 Å². The summed E-state index contributed by atoms with van der Waals surface area (Å²) in [5, 5.41) is 9.89. The van der Waals surface area contributed by atoms with Gasteiger partial charge in [0.05, 0.1) is 11.8 Å². The molecule has 1 aliphatic rings. The Labute approximate surface area is 127 Å². The molecule has 0 spiro atoms. The van der Waals surface area contributed by atoms with Crippen LogP contribution in [0.15, 0.2) is 22.2 Å².